The van der Waals surface area contributed by atoms with Crippen molar-refractivity contribution in [3.05, 3.63) is 167 Å². The number of nitriles is 2. The lowest BCUT2D eigenvalue weighted by Crippen LogP contribution is -2.28. The van der Waals surface area contributed by atoms with E-state index in [4.69, 9.17) is 0 Å². The molecule has 5 aromatic carbocycles. The van der Waals surface area contributed by atoms with Gasteiger partial charge in [0.15, 0.2) is 0 Å². The zero-order chi connectivity index (χ0) is 34.6. The van der Waals surface area contributed by atoms with Gasteiger partial charge in [0.05, 0.1) is 29.0 Å². The SMILES string of the molecule is Cc1ccc(N(c2ccc(C#N)cc2)c2ccc3ccc4c5c3c2C=CC5[C@H](C)C=C4N(C2=CCC(C)(C)C=C2)c2ccc(C#N)cc2)cc1. The third-order valence-corrected chi connectivity index (χ3v) is 10.4. The van der Waals surface area contributed by atoms with Crippen molar-refractivity contribution >= 4 is 45.3 Å². The van der Waals surface area contributed by atoms with Gasteiger partial charge >= 0.3 is 0 Å². The zero-order valence-electron chi connectivity index (χ0n) is 28.9. The summed E-state index contributed by atoms with van der Waals surface area (Å²) in [5, 5.41) is 21.6. The highest BCUT2D eigenvalue weighted by molar-refractivity contribution is 6.06. The lowest BCUT2D eigenvalue weighted by molar-refractivity contribution is 0.481. The van der Waals surface area contributed by atoms with Gasteiger partial charge in [-0.05, 0) is 114 Å². The average molecular weight is 647 g/mol. The molecule has 2 atom stereocenters. The molecule has 0 aromatic heterocycles. The Hall–Kier alpha value is -6.10. The molecule has 0 saturated heterocycles. The normalized spacial score (nSPS) is 18.1. The fraction of sp³-hybridized carbons (Fsp3) is 0.174. The first-order chi connectivity index (χ1) is 24.2. The number of nitrogens with zero attached hydrogens (tertiary/aromatic N) is 4. The first-order valence-corrected chi connectivity index (χ1v) is 17.3. The van der Waals surface area contributed by atoms with Crippen LogP contribution in [0.5, 0.6) is 0 Å². The predicted molar refractivity (Wildman–Crippen MR) is 206 cm³/mol. The highest BCUT2D eigenvalue weighted by atomic mass is 15.2. The second-order valence-corrected chi connectivity index (χ2v) is 14.4. The minimum Gasteiger partial charge on any atom is -0.311 e. The zero-order valence-corrected chi connectivity index (χ0v) is 28.9. The van der Waals surface area contributed by atoms with E-state index in [0.29, 0.717) is 11.1 Å². The van der Waals surface area contributed by atoms with Crippen molar-refractivity contribution in [2.45, 2.75) is 40.0 Å². The van der Waals surface area contributed by atoms with Crippen molar-refractivity contribution in [2.75, 3.05) is 9.80 Å². The maximum absolute atomic E-state index is 9.57. The van der Waals surface area contributed by atoms with Crippen molar-refractivity contribution in [2.24, 2.45) is 11.3 Å². The standard InChI is InChI=1S/C46H38N4/c1-30-5-13-35(14-6-30)49(36-15-7-32(28-47)8-16-36)42-22-12-34-11-19-41-43(27-31(2)39-20-21-40(42)44(34)45(39)41)50(37-17-9-33(29-48)10-18-37)38-23-25-46(3,4)26-24-38/h5-25,27,31,39H,26H2,1-4H3/t31-,39?/m1/s1. The van der Waals surface area contributed by atoms with E-state index in [1.165, 1.54) is 38.7 Å². The number of aryl methyl sites for hydroxylation is 1. The molecule has 0 radical (unpaired) electrons. The van der Waals surface area contributed by atoms with Crippen LogP contribution in [0.25, 0.3) is 22.5 Å². The van der Waals surface area contributed by atoms with E-state index in [9.17, 15) is 10.5 Å². The summed E-state index contributed by atoms with van der Waals surface area (Å²) in [5.74, 6) is 0.494. The smallest absolute Gasteiger partial charge is 0.0991 e. The summed E-state index contributed by atoms with van der Waals surface area (Å²) in [7, 11) is 0. The summed E-state index contributed by atoms with van der Waals surface area (Å²) in [6.07, 6.45) is 15.0. The van der Waals surface area contributed by atoms with E-state index in [1.54, 1.807) is 0 Å². The molecule has 50 heavy (non-hydrogen) atoms. The molecule has 0 saturated carbocycles. The summed E-state index contributed by atoms with van der Waals surface area (Å²) in [5.41, 5.74) is 12.9. The number of hydrogen-bond acceptors (Lipinski definition) is 4. The Morgan fingerprint density at radius 1 is 0.720 bits per heavy atom. The maximum atomic E-state index is 9.57. The average Bonchev–Trinajstić information content (AvgIpc) is 3.14. The Morgan fingerprint density at radius 3 is 1.92 bits per heavy atom. The Bertz CT molecular complexity index is 2360. The van der Waals surface area contributed by atoms with Crippen LogP contribution in [0.2, 0.25) is 0 Å². The highest BCUT2D eigenvalue weighted by Crippen LogP contribution is 2.52. The molecule has 3 aliphatic carbocycles. The summed E-state index contributed by atoms with van der Waals surface area (Å²) < 4.78 is 0. The number of rotatable bonds is 6. The molecule has 0 aliphatic heterocycles. The van der Waals surface area contributed by atoms with Gasteiger partial charge in [-0.15, -0.1) is 0 Å². The van der Waals surface area contributed by atoms with Crippen molar-refractivity contribution in [1.82, 2.24) is 0 Å². The van der Waals surface area contributed by atoms with Crippen LogP contribution in [0.15, 0.2) is 133 Å². The molecule has 0 fully saturated rings. The van der Waals surface area contributed by atoms with Crippen LogP contribution in [0.4, 0.5) is 22.7 Å². The molecule has 0 spiro atoms. The van der Waals surface area contributed by atoms with Crippen molar-refractivity contribution < 1.29 is 0 Å². The predicted octanol–water partition coefficient (Wildman–Crippen LogP) is 11.8. The van der Waals surface area contributed by atoms with Crippen LogP contribution < -0.4 is 9.80 Å². The lowest BCUT2D eigenvalue weighted by atomic mass is 9.72. The molecule has 4 nitrogen and oxygen atoms in total. The molecule has 0 heterocycles. The number of benzene rings is 5. The minimum absolute atomic E-state index is 0.0997. The second kappa shape index (κ2) is 12.1. The fourth-order valence-electron chi connectivity index (χ4n) is 7.67. The van der Waals surface area contributed by atoms with E-state index in [1.807, 2.05) is 36.4 Å². The van der Waals surface area contributed by atoms with Gasteiger partial charge in [-0.1, -0.05) is 87.0 Å². The molecule has 5 aromatic rings. The van der Waals surface area contributed by atoms with E-state index in [0.717, 1.165) is 34.9 Å². The Kier molecular flexibility index (Phi) is 7.55. The molecule has 3 aliphatic rings. The first kappa shape index (κ1) is 31.2. The molecule has 0 bridgehead atoms. The lowest BCUT2D eigenvalue weighted by Gasteiger charge is -2.39. The van der Waals surface area contributed by atoms with Crippen LogP contribution in [-0.4, -0.2) is 0 Å². The van der Waals surface area contributed by atoms with Gasteiger partial charge in [0.2, 0.25) is 0 Å². The third-order valence-electron chi connectivity index (χ3n) is 10.4. The topological polar surface area (TPSA) is 54.1 Å². The summed E-state index contributed by atoms with van der Waals surface area (Å²) in [6, 6.07) is 38.1. The van der Waals surface area contributed by atoms with E-state index < -0.39 is 0 Å². The van der Waals surface area contributed by atoms with Gasteiger partial charge in [0.1, 0.15) is 0 Å². The monoisotopic (exact) mass is 646 g/mol. The minimum atomic E-state index is 0.0997. The summed E-state index contributed by atoms with van der Waals surface area (Å²) >= 11 is 0. The van der Waals surface area contributed by atoms with Gasteiger partial charge in [-0.3, -0.25) is 0 Å². The highest BCUT2D eigenvalue weighted by Gasteiger charge is 2.35. The molecule has 0 amide bonds. The molecular formula is C46H38N4. The van der Waals surface area contributed by atoms with Crippen molar-refractivity contribution in [3.8, 4) is 12.1 Å². The van der Waals surface area contributed by atoms with Crippen LogP contribution in [0, 0.1) is 40.9 Å². The van der Waals surface area contributed by atoms with Gasteiger partial charge < -0.3 is 9.80 Å². The maximum Gasteiger partial charge on any atom is 0.0991 e. The molecule has 4 heteroatoms. The van der Waals surface area contributed by atoms with Crippen LogP contribution in [-0.2, 0) is 0 Å². The van der Waals surface area contributed by atoms with E-state index in [-0.39, 0.29) is 17.3 Å². The number of hydrogen-bond donors (Lipinski definition) is 0. The third kappa shape index (κ3) is 5.31. The van der Waals surface area contributed by atoms with Gasteiger partial charge in [0, 0.05) is 45.5 Å². The quantitative estimate of drug-likeness (QED) is 0.184. The van der Waals surface area contributed by atoms with E-state index in [2.05, 4.69) is 147 Å². The Labute approximate surface area is 294 Å². The Morgan fingerprint density at radius 2 is 1.32 bits per heavy atom. The van der Waals surface area contributed by atoms with Gasteiger partial charge in [-0.2, -0.15) is 10.5 Å². The molecule has 1 unspecified atom stereocenters. The molecule has 8 rings (SSSR count). The van der Waals surface area contributed by atoms with Gasteiger partial charge in [-0.25, -0.2) is 0 Å². The summed E-state index contributed by atoms with van der Waals surface area (Å²) in [6.45, 7) is 8.97. The van der Waals surface area contributed by atoms with Crippen LogP contribution in [0.3, 0.4) is 0 Å². The molecule has 0 N–H and O–H groups in total. The van der Waals surface area contributed by atoms with Crippen molar-refractivity contribution in [3.63, 3.8) is 0 Å². The van der Waals surface area contributed by atoms with Crippen LogP contribution >= 0.6 is 0 Å². The van der Waals surface area contributed by atoms with Crippen LogP contribution in [0.1, 0.15) is 66.5 Å². The van der Waals surface area contributed by atoms with E-state index >= 15 is 0 Å². The van der Waals surface area contributed by atoms with Crippen molar-refractivity contribution in [1.29, 1.82) is 10.5 Å². The number of allylic oxidation sites excluding steroid dienone is 5. The van der Waals surface area contributed by atoms with Gasteiger partial charge in [0.25, 0.3) is 0 Å². The number of anilines is 4. The largest absolute Gasteiger partial charge is 0.311 e. The second-order valence-electron chi connectivity index (χ2n) is 14.4. The molecule has 242 valence electrons. The first-order valence-electron chi connectivity index (χ1n) is 17.3. The summed E-state index contributed by atoms with van der Waals surface area (Å²) in [4.78, 5) is 4.69. The fourth-order valence-corrected chi connectivity index (χ4v) is 7.67. The molecular weight excluding hydrogens is 609 g/mol. The Balaban J connectivity index is 1.34.